The summed E-state index contributed by atoms with van der Waals surface area (Å²) in [5.41, 5.74) is 0.958. The number of rotatable bonds is 5. The summed E-state index contributed by atoms with van der Waals surface area (Å²) < 4.78 is 0. The molecule has 0 aliphatic heterocycles. The summed E-state index contributed by atoms with van der Waals surface area (Å²) in [6, 6.07) is 0. The highest BCUT2D eigenvalue weighted by Crippen LogP contribution is 2.59. The molecule has 180 valence electrons. The van der Waals surface area contributed by atoms with E-state index in [9.17, 15) is 20.4 Å². The van der Waals surface area contributed by atoms with Crippen LogP contribution in [0, 0.1) is 23.2 Å². The van der Waals surface area contributed by atoms with Crippen LogP contribution in [0.25, 0.3) is 0 Å². The quantitative estimate of drug-likeness (QED) is 0.457. The first-order chi connectivity index (χ1) is 14.8. The Morgan fingerprint density at radius 1 is 1.12 bits per heavy atom. The molecule has 0 aromatic rings. The zero-order chi connectivity index (χ0) is 23.9. The fraction of sp³-hybridized carbons (Fsp3) is 0.714. The van der Waals surface area contributed by atoms with E-state index < -0.39 is 23.4 Å². The van der Waals surface area contributed by atoms with Gasteiger partial charge in [0.2, 0.25) is 0 Å². The maximum atomic E-state index is 10.6. The van der Waals surface area contributed by atoms with Crippen molar-refractivity contribution in [1.29, 1.82) is 0 Å². The van der Waals surface area contributed by atoms with Crippen LogP contribution in [0.15, 0.2) is 47.6 Å². The van der Waals surface area contributed by atoms with E-state index in [1.54, 1.807) is 26.8 Å². The van der Waals surface area contributed by atoms with E-state index in [4.69, 9.17) is 0 Å². The maximum absolute atomic E-state index is 10.6. The fourth-order valence-electron chi connectivity index (χ4n) is 6.29. The van der Waals surface area contributed by atoms with Gasteiger partial charge in [-0.15, -0.1) is 0 Å². The van der Waals surface area contributed by atoms with Crippen molar-refractivity contribution < 1.29 is 20.4 Å². The van der Waals surface area contributed by atoms with Crippen LogP contribution >= 0.6 is 0 Å². The van der Waals surface area contributed by atoms with Crippen molar-refractivity contribution in [3.8, 4) is 0 Å². The second kappa shape index (κ2) is 9.21. The summed E-state index contributed by atoms with van der Waals surface area (Å²) >= 11 is 0. The lowest BCUT2D eigenvalue weighted by molar-refractivity contribution is -0.0886. The van der Waals surface area contributed by atoms with Crippen LogP contribution in [0.3, 0.4) is 0 Å². The Balaban J connectivity index is 1.78. The minimum atomic E-state index is -1.26. The largest absolute Gasteiger partial charge is 0.393 e. The smallest absolute Gasteiger partial charge is 0.108 e. The molecule has 3 saturated carbocycles. The summed E-state index contributed by atoms with van der Waals surface area (Å²) in [6.45, 7) is 13.7. The van der Waals surface area contributed by atoms with E-state index >= 15 is 0 Å². The van der Waals surface area contributed by atoms with Gasteiger partial charge in [0.15, 0.2) is 0 Å². The third kappa shape index (κ3) is 4.99. The molecule has 7 atom stereocenters. The van der Waals surface area contributed by atoms with Crippen LogP contribution in [0.5, 0.6) is 0 Å². The van der Waals surface area contributed by atoms with Gasteiger partial charge in [-0.2, -0.15) is 0 Å². The standard InChI is InChI=1S/C28H44O4/c1-18(13-15-28(6,32)26(3,4)31)23-11-12-24-20(8-7-14-27(23,24)5)9-10-21-16-22(29)17-25(30)19(21)2/h9-10,13,15,18,22-25,29-32H,2,7-8,11-12,14,16-17H2,1,3-6H3/t18-,22-,23-,24+,25+,27-,28?/m1/s1. The molecular formula is C28H44O4. The first-order valence-corrected chi connectivity index (χ1v) is 12.4. The predicted octanol–water partition coefficient (Wildman–Crippen LogP) is 4.84. The van der Waals surface area contributed by atoms with Crippen LogP contribution in [0.1, 0.15) is 79.6 Å². The number of aliphatic hydroxyl groups excluding tert-OH is 2. The highest BCUT2D eigenvalue weighted by Gasteiger charge is 2.50. The molecule has 0 radical (unpaired) electrons. The lowest BCUT2D eigenvalue weighted by Gasteiger charge is -2.44. The number of allylic oxidation sites excluding steroid dienone is 4. The Labute approximate surface area is 194 Å². The zero-order valence-corrected chi connectivity index (χ0v) is 20.6. The second-order valence-electron chi connectivity index (χ2n) is 11.6. The van der Waals surface area contributed by atoms with Crippen LogP contribution in [0.2, 0.25) is 0 Å². The van der Waals surface area contributed by atoms with Gasteiger partial charge in [-0.3, -0.25) is 0 Å². The predicted molar refractivity (Wildman–Crippen MR) is 130 cm³/mol. The van der Waals surface area contributed by atoms with Gasteiger partial charge >= 0.3 is 0 Å². The molecule has 0 bridgehead atoms. The molecule has 0 spiro atoms. The van der Waals surface area contributed by atoms with E-state index in [2.05, 4.69) is 38.7 Å². The van der Waals surface area contributed by atoms with Crippen LogP contribution in [-0.2, 0) is 0 Å². The fourth-order valence-corrected chi connectivity index (χ4v) is 6.29. The summed E-state index contributed by atoms with van der Waals surface area (Å²) in [5.74, 6) is 1.39. The number of hydrogen-bond acceptors (Lipinski definition) is 4. The van der Waals surface area contributed by atoms with Crippen molar-refractivity contribution >= 4 is 0 Å². The molecule has 3 fully saturated rings. The normalized spacial score (nSPS) is 39.5. The van der Waals surface area contributed by atoms with Gasteiger partial charge in [0.25, 0.3) is 0 Å². The average Bonchev–Trinajstić information content (AvgIpc) is 3.04. The molecule has 0 heterocycles. The van der Waals surface area contributed by atoms with E-state index in [0.29, 0.717) is 30.6 Å². The molecule has 0 aromatic carbocycles. The molecule has 3 rings (SSSR count). The Morgan fingerprint density at radius 2 is 1.81 bits per heavy atom. The van der Waals surface area contributed by atoms with Gasteiger partial charge in [0.05, 0.1) is 17.8 Å². The first-order valence-electron chi connectivity index (χ1n) is 12.4. The molecular weight excluding hydrogens is 400 g/mol. The van der Waals surface area contributed by atoms with Gasteiger partial charge < -0.3 is 20.4 Å². The van der Waals surface area contributed by atoms with Crippen molar-refractivity contribution in [2.45, 2.75) is 103 Å². The monoisotopic (exact) mass is 444 g/mol. The number of fused-ring (bicyclic) bond motifs is 1. The lowest BCUT2D eigenvalue weighted by Crippen LogP contribution is -2.46. The molecule has 1 unspecified atom stereocenters. The molecule has 4 nitrogen and oxygen atoms in total. The Bertz CT molecular complexity index is 797. The average molecular weight is 445 g/mol. The van der Waals surface area contributed by atoms with Crippen molar-refractivity contribution in [2.75, 3.05) is 0 Å². The minimum Gasteiger partial charge on any atom is -0.393 e. The Hall–Kier alpha value is -1.20. The van der Waals surface area contributed by atoms with Crippen LogP contribution < -0.4 is 0 Å². The first kappa shape index (κ1) is 25.4. The summed E-state index contributed by atoms with van der Waals surface area (Å²) in [5, 5.41) is 41.1. The molecule has 0 amide bonds. The van der Waals surface area contributed by atoms with Gasteiger partial charge in [-0.05, 0) is 93.6 Å². The molecule has 3 aliphatic rings. The SMILES string of the molecule is C=C1C(=CC=C2CCC[C@]3(C)[C@@H]([C@H](C)C=CC(C)(O)C(C)(C)O)CC[C@@H]23)C[C@@H](O)C[C@@H]1O. The zero-order valence-electron chi connectivity index (χ0n) is 20.6. The van der Waals surface area contributed by atoms with E-state index in [0.717, 1.165) is 24.0 Å². The van der Waals surface area contributed by atoms with Gasteiger partial charge in [-0.25, -0.2) is 0 Å². The Morgan fingerprint density at radius 3 is 2.47 bits per heavy atom. The topological polar surface area (TPSA) is 80.9 Å². The molecule has 4 N–H and O–H groups in total. The van der Waals surface area contributed by atoms with E-state index in [1.165, 1.54) is 24.8 Å². The number of hydrogen-bond donors (Lipinski definition) is 4. The van der Waals surface area contributed by atoms with Gasteiger partial charge in [0, 0.05) is 6.42 Å². The summed E-state index contributed by atoms with van der Waals surface area (Å²) in [4.78, 5) is 0. The van der Waals surface area contributed by atoms with Crippen molar-refractivity contribution in [3.05, 3.63) is 47.6 Å². The molecule has 0 aromatic heterocycles. The van der Waals surface area contributed by atoms with Gasteiger partial charge in [-0.1, -0.05) is 50.3 Å². The molecule has 32 heavy (non-hydrogen) atoms. The molecule has 3 aliphatic carbocycles. The third-order valence-electron chi connectivity index (χ3n) is 8.90. The van der Waals surface area contributed by atoms with E-state index in [-0.39, 0.29) is 5.41 Å². The number of aliphatic hydroxyl groups is 4. The van der Waals surface area contributed by atoms with Crippen LogP contribution in [-0.4, -0.2) is 43.8 Å². The minimum absolute atomic E-state index is 0.218. The van der Waals surface area contributed by atoms with Crippen molar-refractivity contribution in [3.63, 3.8) is 0 Å². The van der Waals surface area contributed by atoms with Crippen molar-refractivity contribution in [2.24, 2.45) is 23.2 Å². The maximum Gasteiger partial charge on any atom is 0.108 e. The van der Waals surface area contributed by atoms with Crippen LogP contribution in [0.4, 0.5) is 0 Å². The Kier molecular flexibility index (Phi) is 7.32. The lowest BCUT2D eigenvalue weighted by atomic mass is 9.61. The molecule has 0 saturated heterocycles. The van der Waals surface area contributed by atoms with Gasteiger partial charge in [0.1, 0.15) is 5.60 Å². The highest BCUT2D eigenvalue weighted by molar-refractivity contribution is 5.38. The molecule has 4 heteroatoms. The highest BCUT2D eigenvalue weighted by atomic mass is 16.3. The summed E-state index contributed by atoms with van der Waals surface area (Å²) in [6.07, 6.45) is 13.8. The van der Waals surface area contributed by atoms with Crippen molar-refractivity contribution in [1.82, 2.24) is 0 Å². The second-order valence-corrected chi connectivity index (χ2v) is 11.6. The third-order valence-corrected chi connectivity index (χ3v) is 8.90. The summed E-state index contributed by atoms with van der Waals surface area (Å²) in [7, 11) is 0. The van der Waals surface area contributed by atoms with E-state index in [1.807, 2.05) is 0 Å².